The molecule has 0 aliphatic carbocycles. The molecule has 0 spiro atoms. The highest BCUT2D eigenvalue weighted by Gasteiger charge is 2.36. The molecule has 2 nitrogen and oxygen atoms in total. The molecule has 0 heterocycles. The molecule has 0 saturated heterocycles. The lowest BCUT2D eigenvalue weighted by Crippen LogP contribution is -2.41. The Bertz CT molecular complexity index is 522. The number of rotatable bonds is 9. The fraction of sp³-hybridized carbons (Fsp3) is 0.647. The molecule has 2 atom stereocenters. The number of hydrogen-bond acceptors (Lipinski definition) is 2. The first-order chi connectivity index (χ1) is 11.1. The van der Waals surface area contributed by atoms with Crippen LogP contribution in [0.3, 0.4) is 0 Å². The monoisotopic (exact) mass is 368 g/mol. The highest BCUT2D eigenvalue weighted by atomic mass is 35.5. The summed E-state index contributed by atoms with van der Waals surface area (Å²) in [5.74, 6) is -0.509. The van der Waals surface area contributed by atoms with Crippen molar-refractivity contribution in [3.05, 3.63) is 34.6 Å². The van der Waals surface area contributed by atoms with Gasteiger partial charge in [-0.15, -0.1) is 0 Å². The standard InChI is InChI=1S/C17H25ClF4N2/c1-12(17(20,21)22)24-10-8-16(2,7-4-9-23-3)13-5-6-14(18)15(19)11-13/h5-6,11-12,23-24H,4,7-10H2,1-3H3/t12-,16-/m0/s1. The van der Waals surface area contributed by atoms with Gasteiger partial charge in [0.25, 0.3) is 0 Å². The predicted molar refractivity (Wildman–Crippen MR) is 90.1 cm³/mol. The van der Waals surface area contributed by atoms with Gasteiger partial charge in [0.15, 0.2) is 0 Å². The summed E-state index contributed by atoms with van der Waals surface area (Å²) in [5.41, 5.74) is 0.322. The third-order valence-corrected chi connectivity index (χ3v) is 4.70. The van der Waals surface area contributed by atoms with Crippen molar-refractivity contribution >= 4 is 11.6 Å². The van der Waals surface area contributed by atoms with Crippen molar-refractivity contribution < 1.29 is 17.6 Å². The van der Waals surface area contributed by atoms with Crippen LogP contribution in [0.15, 0.2) is 18.2 Å². The Labute approximate surface area is 146 Å². The van der Waals surface area contributed by atoms with Gasteiger partial charge in [0.1, 0.15) is 11.9 Å². The molecule has 0 aromatic heterocycles. The van der Waals surface area contributed by atoms with Crippen LogP contribution in [0, 0.1) is 5.82 Å². The Morgan fingerprint density at radius 1 is 1.17 bits per heavy atom. The number of nitrogens with one attached hydrogen (secondary N) is 2. The quantitative estimate of drug-likeness (QED) is 0.489. The molecule has 0 fully saturated rings. The summed E-state index contributed by atoms with van der Waals surface area (Å²) in [5, 5.41) is 5.59. The van der Waals surface area contributed by atoms with E-state index in [1.54, 1.807) is 6.07 Å². The van der Waals surface area contributed by atoms with Crippen LogP contribution in [0.1, 0.15) is 38.7 Å². The van der Waals surface area contributed by atoms with Crippen molar-refractivity contribution in [3.63, 3.8) is 0 Å². The third-order valence-electron chi connectivity index (χ3n) is 4.39. The fourth-order valence-electron chi connectivity index (χ4n) is 2.62. The van der Waals surface area contributed by atoms with E-state index >= 15 is 0 Å². The predicted octanol–water partition coefficient (Wildman–Crippen LogP) is 4.67. The largest absolute Gasteiger partial charge is 0.403 e. The summed E-state index contributed by atoms with van der Waals surface area (Å²) in [4.78, 5) is 0. The average Bonchev–Trinajstić information content (AvgIpc) is 2.49. The van der Waals surface area contributed by atoms with Gasteiger partial charge < -0.3 is 10.6 Å². The topological polar surface area (TPSA) is 24.1 Å². The molecule has 1 aromatic rings. The Kier molecular flexibility index (Phi) is 7.96. The van der Waals surface area contributed by atoms with Gasteiger partial charge in [0.05, 0.1) is 5.02 Å². The maximum Gasteiger partial charge on any atom is 0.403 e. The SMILES string of the molecule is CNCCC[C@@](C)(CCN[C@@H](C)C(F)(F)F)c1ccc(Cl)c(F)c1. The molecule has 138 valence electrons. The minimum absolute atomic E-state index is 0.0418. The molecule has 2 N–H and O–H groups in total. The third kappa shape index (κ3) is 6.22. The minimum atomic E-state index is -4.27. The van der Waals surface area contributed by atoms with E-state index in [0.717, 1.165) is 31.9 Å². The molecule has 0 saturated carbocycles. The molecule has 0 unspecified atom stereocenters. The van der Waals surface area contributed by atoms with E-state index in [0.29, 0.717) is 6.42 Å². The van der Waals surface area contributed by atoms with Gasteiger partial charge in [-0.05, 0) is 69.4 Å². The van der Waals surface area contributed by atoms with Gasteiger partial charge in [-0.2, -0.15) is 13.2 Å². The summed E-state index contributed by atoms with van der Waals surface area (Å²) in [7, 11) is 1.84. The van der Waals surface area contributed by atoms with E-state index in [9.17, 15) is 17.6 Å². The zero-order valence-corrected chi connectivity index (χ0v) is 15.0. The first-order valence-corrected chi connectivity index (χ1v) is 8.38. The van der Waals surface area contributed by atoms with Crippen molar-refractivity contribution in [1.82, 2.24) is 10.6 Å². The van der Waals surface area contributed by atoms with Crippen LogP contribution in [-0.2, 0) is 5.41 Å². The molecule has 7 heteroatoms. The van der Waals surface area contributed by atoms with Gasteiger partial charge in [-0.25, -0.2) is 4.39 Å². The zero-order valence-electron chi connectivity index (χ0n) is 14.2. The molecule has 24 heavy (non-hydrogen) atoms. The summed E-state index contributed by atoms with van der Waals surface area (Å²) in [6.07, 6.45) is -2.23. The van der Waals surface area contributed by atoms with Crippen molar-refractivity contribution in [1.29, 1.82) is 0 Å². The fourth-order valence-corrected chi connectivity index (χ4v) is 2.74. The second-order valence-corrected chi connectivity index (χ2v) is 6.77. The average molecular weight is 369 g/mol. The lowest BCUT2D eigenvalue weighted by Gasteiger charge is -2.31. The molecule has 0 radical (unpaired) electrons. The van der Waals surface area contributed by atoms with E-state index in [2.05, 4.69) is 10.6 Å². The molecule has 0 aliphatic heterocycles. The molecule has 0 aliphatic rings. The van der Waals surface area contributed by atoms with Crippen molar-refractivity contribution in [2.24, 2.45) is 0 Å². The zero-order chi connectivity index (χ0) is 18.4. The van der Waals surface area contributed by atoms with Crippen LogP contribution < -0.4 is 10.6 Å². The highest BCUT2D eigenvalue weighted by Crippen LogP contribution is 2.34. The summed E-state index contributed by atoms with van der Waals surface area (Å²) in [6.45, 7) is 4.03. The van der Waals surface area contributed by atoms with Crippen LogP contribution in [0.4, 0.5) is 17.6 Å². The van der Waals surface area contributed by atoms with Crippen LogP contribution in [0.5, 0.6) is 0 Å². The second-order valence-electron chi connectivity index (χ2n) is 6.36. The molecular formula is C17H25ClF4N2. The van der Waals surface area contributed by atoms with E-state index in [1.807, 2.05) is 14.0 Å². The van der Waals surface area contributed by atoms with Gasteiger partial charge in [0.2, 0.25) is 0 Å². The van der Waals surface area contributed by atoms with Crippen LogP contribution in [0.2, 0.25) is 5.02 Å². The first-order valence-electron chi connectivity index (χ1n) is 8.00. The van der Waals surface area contributed by atoms with E-state index in [4.69, 9.17) is 11.6 Å². The van der Waals surface area contributed by atoms with Gasteiger partial charge in [-0.3, -0.25) is 0 Å². The Balaban J connectivity index is 2.83. The molecule has 0 bridgehead atoms. The summed E-state index contributed by atoms with van der Waals surface area (Å²) >= 11 is 5.73. The molecular weight excluding hydrogens is 344 g/mol. The second kappa shape index (κ2) is 9.02. The van der Waals surface area contributed by atoms with E-state index < -0.39 is 23.5 Å². The molecule has 1 aromatic carbocycles. The lowest BCUT2D eigenvalue weighted by molar-refractivity contribution is -0.151. The summed E-state index contributed by atoms with van der Waals surface area (Å²) in [6, 6.07) is 3.06. The highest BCUT2D eigenvalue weighted by molar-refractivity contribution is 6.30. The van der Waals surface area contributed by atoms with Gasteiger partial charge in [0, 0.05) is 0 Å². The minimum Gasteiger partial charge on any atom is -0.320 e. The van der Waals surface area contributed by atoms with E-state index in [1.165, 1.54) is 12.1 Å². The Hall–Kier alpha value is -0.850. The number of halogens is 5. The smallest absolute Gasteiger partial charge is 0.320 e. The van der Waals surface area contributed by atoms with Crippen molar-refractivity contribution in [3.8, 4) is 0 Å². The van der Waals surface area contributed by atoms with Gasteiger partial charge in [-0.1, -0.05) is 24.6 Å². The van der Waals surface area contributed by atoms with Crippen LogP contribution in [-0.4, -0.2) is 32.4 Å². The summed E-state index contributed by atoms with van der Waals surface area (Å²) < 4.78 is 51.6. The number of benzene rings is 1. The number of hydrogen-bond donors (Lipinski definition) is 2. The molecule has 0 amide bonds. The van der Waals surface area contributed by atoms with E-state index in [-0.39, 0.29) is 11.6 Å². The first kappa shape index (κ1) is 21.2. The Morgan fingerprint density at radius 3 is 2.38 bits per heavy atom. The molecule has 1 rings (SSSR count). The van der Waals surface area contributed by atoms with Crippen LogP contribution >= 0.6 is 11.6 Å². The number of alkyl halides is 3. The van der Waals surface area contributed by atoms with Gasteiger partial charge >= 0.3 is 6.18 Å². The normalized spacial score (nSPS) is 16.0. The Morgan fingerprint density at radius 2 is 1.83 bits per heavy atom. The van der Waals surface area contributed by atoms with Crippen LogP contribution in [0.25, 0.3) is 0 Å². The maximum atomic E-state index is 13.8. The van der Waals surface area contributed by atoms with Crippen molar-refractivity contribution in [2.45, 2.75) is 50.7 Å². The lowest BCUT2D eigenvalue weighted by atomic mass is 9.75. The maximum absolute atomic E-state index is 13.8. The van der Waals surface area contributed by atoms with Crippen molar-refractivity contribution in [2.75, 3.05) is 20.1 Å².